The summed E-state index contributed by atoms with van der Waals surface area (Å²) in [6, 6.07) is 15.7. The van der Waals surface area contributed by atoms with Gasteiger partial charge in [-0.1, -0.05) is 55.8 Å². The van der Waals surface area contributed by atoms with Crippen molar-refractivity contribution in [2.24, 2.45) is 5.41 Å². The molecule has 0 spiro atoms. The van der Waals surface area contributed by atoms with E-state index in [9.17, 15) is 4.79 Å². The van der Waals surface area contributed by atoms with E-state index < -0.39 is 0 Å². The number of rotatable bonds is 3. The largest absolute Gasteiger partial charge is 0.496 e. The summed E-state index contributed by atoms with van der Waals surface area (Å²) in [6.07, 6.45) is 1.33. The number of fused-ring (bicyclic) bond motifs is 1. The van der Waals surface area contributed by atoms with E-state index in [-0.39, 0.29) is 17.2 Å². The topological polar surface area (TPSA) is 69.0 Å². The monoisotopic (exact) mass is 414 g/mol. The predicted octanol–water partition coefficient (Wildman–Crippen LogP) is 4.92. The molecule has 0 bridgehead atoms. The summed E-state index contributed by atoms with van der Waals surface area (Å²) in [5.74, 6) is 2.11. The first-order valence-electron chi connectivity index (χ1n) is 10.6. The van der Waals surface area contributed by atoms with Crippen LogP contribution in [0.25, 0.3) is 11.4 Å². The van der Waals surface area contributed by atoms with Gasteiger partial charge in [0.25, 0.3) is 0 Å². The lowest BCUT2D eigenvalue weighted by atomic mass is 9.73. The van der Waals surface area contributed by atoms with Gasteiger partial charge in [0.2, 0.25) is 5.95 Å². The van der Waals surface area contributed by atoms with Crippen LogP contribution in [0, 0.1) is 12.3 Å². The Hall–Kier alpha value is -3.41. The lowest BCUT2D eigenvalue weighted by molar-refractivity contribution is -0.118. The van der Waals surface area contributed by atoms with Gasteiger partial charge in [-0.15, -0.1) is 5.10 Å². The molecule has 2 heterocycles. The third-order valence-electron chi connectivity index (χ3n) is 6.04. The molecule has 2 aromatic carbocycles. The van der Waals surface area contributed by atoms with Gasteiger partial charge in [-0.3, -0.25) is 4.79 Å². The predicted molar refractivity (Wildman–Crippen MR) is 120 cm³/mol. The van der Waals surface area contributed by atoms with Crippen molar-refractivity contribution in [1.82, 2.24) is 14.8 Å². The van der Waals surface area contributed by atoms with Crippen LogP contribution in [0.4, 0.5) is 5.95 Å². The van der Waals surface area contributed by atoms with E-state index in [4.69, 9.17) is 14.8 Å². The number of nitrogens with zero attached hydrogens (tertiary/aromatic N) is 3. The van der Waals surface area contributed by atoms with Gasteiger partial charge in [0.15, 0.2) is 11.6 Å². The SMILES string of the molecule is COc1ccccc1-c1nc2n(n1)C(c1cccc(C)c1)C1=C(CC(C)(C)CC1=O)N2. The maximum atomic E-state index is 13.3. The number of aryl methyl sites for hydroxylation is 1. The summed E-state index contributed by atoms with van der Waals surface area (Å²) >= 11 is 0. The first kappa shape index (κ1) is 19.5. The van der Waals surface area contributed by atoms with E-state index in [0.29, 0.717) is 23.9 Å². The second-order valence-corrected chi connectivity index (χ2v) is 9.18. The van der Waals surface area contributed by atoms with Crippen LogP contribution in [0.5, 0.6) is 5.75 Å². The Morgan fingerprint density at radius 3 is 2.71 bits per heavy atom. The van der Waals surface area contributed by atoms with Crippen LogP contribution in [0.2, 0.25) is 0 Å². The zero-order valence-electron chi connectivity index (χ0n) is 18.3. The maximum Gasteiger partial charge on any atom is 0.226 e. The fraction of sp³-hybridized carbons (Fsp3) is 0.320. The van der Waals surface area contributed by atoms with E-state index in [1.165, 1.54) is 0 Å². The number of para-hydroxylation sites is 1. The van der Waals surface area contributed by atoms with Crippen LogP contribution in [0.3, 0.4) is 0 Å². The normalized spacial score (nSPS) is 19.5. The van der Waals surface area contributed by atoms with Crippen LogP contribution >= 0.6 is 0 Å². The van der Waals surface area contributed by atoms with E-state index in [1.807, 2.05) is 35.0 Å². The number of benzene rings is 2. The molecule has 6 heteroatoms. The molecule has 1 unspecified atom stereocenters. The van der Waals surface area contributed by atoms with Gasteiger partial charge in [0.05, 0.1) is 12.7 Å². The number of hydrogen-bond acceptors (Lipinski definition) is 5. The van der Waals surface area contributed by atoms with Crippen LogP contribution in [0.15, 0.2) is 59.8 Å². The summed E-state index contributed by atoms with van der Waals surface area (Å²) in [6.45, 7) is 6.34. The van der Waals surface area contributed by atoms with Crippen molar-refractivity contribution in [3.8, 4) is 17.1 Å². The molecule has 31 heavy (non-hydrogen) atoms. The van der Waals surface area contributed by atoms with Crippen LogP contribution in [0.1, 0.15) is 43.9 Å². The van der Waals surface area contributed by atoms with Gasteiger partial charge in [-0.25, -0.2) is 4.68 Å². The number of aromatic nitrogens is 3. The minimum absolute atomic E-state index is 0.0895. The molecule has 6 nitrogen and oxygen atoms in total. The molecule has 158 valence electrons. The Labute approximate surface area is 182 Å². The molecule has 0 saturated carbocycles. The summed E-state index contributed by atoms with van der Waals surface area (Å²) in [7, 11) is 1.64. The number of ketones is 1. The summed E-state index contributed by atoms with van der Waals surface area (Å²) < 4.78 is 7.38. The number of anilines is 1. The van der Waals surface area contributed by atoms with Gasteiger partial charge in [-0.05, 0) is 36.5 Å². The number of nitrogens with one attached hydrogen (secondary N) is 1. The van der Waals surface area contributed by atoms with E-state index >= 15 is 0 Å². The first-order chi connectivity index (χ1) is 14.9. The highest BCUT2D eigenvalue weighted by Crippen LogP contribution is 2.46. The Balaban J connectivity index is 1.70. The molecule has 0 fully saturated rings. The number of methoxy groups -OCH3 is 1. The molecular formula is C25H26N4O2. The van der Waals surface area contributed by atoms with Crippen molar-refractivity contribution in [2.75, 3.05) is 12.4 Å². The summed E-state index contributed by atoms with van der Waals surface area (Å²) in [4.78, 5) is 18.1. The summed E-state index contributed by atoms with van der Waals surface area (Å²) in [5, 5.41) is 8.29. The number of allylic oxidation sites excluding steroid dienone is 2. The fourth-order valence-corrected chi connectivity index (χ4v) is 4.70. The van der Waals surface area contributed by atoms with Crippen LogP contribution < -0.4 is 10.1 Å². The lowest BCUT2D eigenvalue weighted by Crippen LogP contribution is -2.36. The first-order valence-corrected chi connectivity index (χ1v) is 10.6. The average molecular weight is 415 g/mol. The molecule has 2 aliphatic rings. The number of carbonyl (C=O) groups excluding carboxylic acids is 1. The number of ether oxygens (including phenoxy) is 1. The van der Waals surface area contributed by atoms with Crippen molar-refractivity contribution in [2.45, 2.75) is 39.7 Å². The smallest absolute Gasteiger partial charge is 0.226 e. The van der Waals surface area contributed by atoms with Crippen molar-refractivity contribution in [3.63, 3.8) is 0 Å². The minimum Gasteiger partial charge on any atom is -0.496 e. The Bertz CT molecular complexity index is 1220. The zero-order valence-corrected chi connectivity index (χ0v) is 18.3. The third-order valence-corrected chi connectivity index (χ3v) is 6.04. The molecular weight excluding hydrogens is 388 g/mol. The van der Waals surface area contributed by atoms with Gasteiger partial charge >= 0.3 is 0 Å². The minimum atomic E-state index is -0.300. The second kappa shape index (κ2) is 7.08. The van der Waals surface area contributed by atoms with E-state index in [1.54, 1.807) is 7.11 Å². The molecule has 0 saturated heterocycles. The van der Waals surface area contributed by atoms with Crippen molar-refractivity contribution in [3.05, 3.63) is 70.9 Å². The highest BCUT2D eigenvalue weighted by atomic mass is 16.5. The average Bonchev–Trinajstić information content (AvgIpc) is 3.14. The quantitative estimate of drug-likeness (QED) is 0.659. The standard InChI is InChI=1S/C25H26N4O2/c1-15-8-7-9-16(12-15)22-21-18(13-25(2,3)14-19(21)30)26-24-27-23(28-29(22)24)17-10-5-6-11-20(17)31-4/h5-12,22H,13-14H2,1-4H3,(H,26,27,28). The van der Waals surface area contributed by atoms with Gasteiger partial charge < -0.3 is 10.1 Å². The molecule has 1 aromatic heterocycles. The third kappa shape index (κ3) is 3.32. The highest BCUT2D eigenvalue weighted by molar-refractivity contribution is 6.00. The molecule has 5 rings (SSSR count). The molecule has 1 aliphatic carbocycles. The van der Waals surface area contributed by atoms with E-state index in [2.05, 4.69) is 44.3 Å². The molecule has 1 aliphatic heterocycles. The maximum absolute atomic E-state index is 13.3. The number of Topliss-reactive ketones (excluding diaryl/α,β-unsaturated/α-hetero) is 1. The van der Waals surface area contributed by atoms with Gasteiger partial charge in [0.1, 0.15) is 11.8 Å². The number of hydrogen-bond donors (Lipinski definition) is 1. The molecule has 1 atom stereocenters. The molecule has 0 amide bonds. The Kier molecular flexibility index (Phi) is 4.46. The molecule has 1 N–H and O–H groups in total. The molecule has 3 aromatic rings. The number of carbonyl (C=O) groups is 1. The highest BCUT2D eigenvalue weighted by Gasteiger charge is 2.42. The van der Waals surface area contributed by atoms with Crippen molar-refractivity contribution < 1.29 is 9.53 Å². The van der Waals surface area contributed by atoms with Gasteiger partial charge in [-0.2, -0.15) is 4.98 Å². The van der Waals surface area contributed by atoms with E-state index in [0.717, 1.165) is 34.4 Å². The second-order valence-electron chi connectivity index (χ2n) is 9.18. The van der Waals surface area contributed by atoms with Crippen LogP contribution in [-0.4, -0.2) is 27.7 Å². The Morgan fingerprint density at radius 2 is 1.94 bits per heavy atom. The van der Waals surface area contributed by atoms with Gasteiger partial charge in [0, 0.05) is 17.7 Å². The fourth-order valence-electron chi connectivity index (χ4n) is 4.70. The zero-order chi connectivity index (χ0) is 21.8. The summed E-state index contributed by atoms with van der Waals surface area (Å²) in [5.41, 5.74) is 4.68. The van der Waals surface area contributed by atoms with Crippen molar-refractivity contribution in [1.29, 1.82) is 0 Å². The van der Waals surface area contributed by atoms with Crippen LogP contribution in [-0.2, 0) is 4.79 Å². The Morgan fingerprint density at radius 1 is 1.13 bits per heavy atom. The van der Waals surface area contributed by atoms with Crippen molar-refractivity contribution >= 4 is 11.7 Å². The molecule has 0 radical (unpaired) electrons. The lowest BCUT2D eigenvalue weighted by Gasteiger charge is -2.38.